The summed E-state index contributed by atoms with van der Waals surface area (Å²) in [5.74, 6) is -1.97. The molecule has 1 amide bonds. The second-order valence-electron chi connectivity index (χ2n) is 4.75. The van der Waals surface area contributed by atoms with Crippen LogP contribution in [0.1, 0.15) is 22.8 Å². The van der Waals surface area contributed by atoms with Crippen molar-refractivity contribution in [3.8, 4) is 11.5 Å². The van der Waals surface area contributed by atoms with Crippen LogP contribution in [0.15, 0.2) is 41.5 Å². The van der Waals surface area contributed by atoms with Crippen molar-refractivity contribution in [2.24, 2.45) is 5.10 Å². The van der Waals surface area contributed by atoms with Crippen LogP contribution in [0, 0.1) is 15.9 Å². The maximum absolute atomic E-state index is 13.5. The molecule has 8 nitrogen and oxygen atoms in total. The number of phenols is 1. The van der Waals surface area contributed by atoms with E-state index in [-0.39, 0.29) is 34.9 Å². The van der Waals surface area contributed by atoms with Gasteiger partial charge in [-0.3, -0.25) is 14.9 Å². The van der Waals surface area contributed by atoms with Crippen molar-refractivity contribution in [2.75, 3.05) is 6.61 Å². The number of hydrazone groups is 1. The highest BCUT2D eigenvalue weighted by Crippen LogP contribution is 2.33. The molecule has 2 rings (SSSR count). The molecule has 0 saturated heterocycles. The van der Waals surface area contributed by atoms with Crippen LogP contribution in [0.25, 0.3) is 0 Å². The van der Waals surface area contributed by atoms with Crippen molar-refractivity contribution in [1.29, 1.82) is 0 Å². The van der Waals surface area contributed by atoms with Gasteiger partial charge in [-0.1, -0.05) is 12.1 Å². The van der Waals surface area contributed by atoms with Gasteiger partial charge in [0.25, 0.3) is 11.6 Å². The van der Waals surface area contributed by atoms with Crippen molar-refractivity contribution in [1.82, 2.24) is 5.43 Å². The Morgan fingerprint density at radius 1 is 1.44 bits per heavy atom. The highest BCUT2D eigenvalue weighted by Gasteiger charge is 2.16. The molecule has 0 heterocycles. The van der Waals surface area contributed by atoms with Crippen LogP contribution in [0.2, 0.25) is 0 Å². The van der Waals surface area contributed by atoms with Gasteiger partial charge in [-0.2, -0.15) is 5.10 Å². The van der Waals surface area contributed by atoms with Crippen LogP contribution >= 0.6 is 0 Å². The second-order valence-corrected chi connectivity index (χ2v) is 4.75. The minimum atomic E-state index is -0.802. The molecule has 0 radical (unpaired) electrons. The summed E-state index contributed by atoms with van der Waals surface area (Å²) in [5.41, 5.74) is 1.52. The van der Waals surface area contributed by atoms with Gasteiger partial charge in [0.05, 0.1) is 29.4 Å². The molecule has 0 aliphatic heterocycles. The zero-order valence-corrected chi connectivity index (χ0v) is 13.1. The number of nitro benzene ring substituents is 1. The Balaban J connectivity index is 2.24. The van der Waals surface area contributed by atoms with Crippen LogP contribution in [0.5, 0.6) is 11.5 Å². The number of non-ortho nitro benzene ring substituents is 1. The van der Waals surface area contributed by atoms with Gasteiger partial charge in [-0.05, 0) is 19.1 Å². The number of carbonyl (C=O) groups is 1. The van der Waals surface area contributed by atoms with Gasteiger partial charge in [-0.15, -0.1) is 0 Å². The number of carbonyl (C=O) groups excluding carboxylic acids is 1. The summed E-state index contributed by atoms with van der Waals surface area (Å²) in [5, 5.41) is 24.6. The van der Waals surface area contributed by atoms with Crippen molar-refractivity contribution < 1.29 is 24.0 Å². The van der Waals surface area contributed by atoms with Crippen LogP contribution in [-0.2, 0) is 0 Å². The first-order valence-electron chi connectivity index (χ1n) is 7.16. The van der Waals surface area contributed by atoms with E-state index in [0.717, 1.165) is 24.4 Å². The van der Waals surface area contributed by atoms with E-state index in [2.05, 4.69) is 10.5 Å². The van der Waals surface area contributed by atoms with Gasteiger partial charge in [-0.25, -0.2) is 9.82 Å². The highest BCUT2D eigenvalue weighted by atomic mass is 19.1. The third-order valence-corrected chi connectivity index (χ3v) is 3.09. The lowest BCUT2D eigenvalue weighted by Gasteiger charge is -2.08. The predicted octanol–water partition coefficient (Wildman–Crippen LogP) is 2.60. The van der Waals surface area contributed by atoms with Crippen LogP contribution in [-0.4, -0.2) is 28.8 Å². The summed E-state index contributed by atoms with van der Waals surface area (Å²) in [6.07, 6.45) is 1.00. The Hall–Kier alpha value is -3.49. The van der Waals surface area contributed by atoms with Crippen LogP contribution < -0.4 is 10.2 Å². The summed E-state index contributed by atoms with van der Waals surface area (Å²) in [6, 6.07) is 7.47. The first-order chi connectivity index (χ1) is 11.9. The Kier molecular flexibility index (Phi) is 5.62. The molecule has 2 aromatic carbocycles. The van der Waals surface area contributed by atoms with E-state index in [0.29, 0.717) is 0 Å². The summed E-state index contributed by atoms with van der Waals surface area (Å²) in [7, 11) is 0. The Morgan fingerprint density at radius 3 is 2.80 bits per heavy atom. The Morgan fingerprint density at radius 2 is 2.16 bits per heavy atom. The Bertz CT molecular complexity index is 839. The zero-order chi connectivity index (χ0) is 18.4. The number of hydrogen-bond acceptors (Lipinski definition) is 6. The molecule has 0 unspecified atom stereocenters. The minimum absolute atomic E-state index is 0.0357. The van der Waals surface area contributed by atoms with Gasteiger partial charge in [0.1, 0.15) is 5.82 Å². The molecule has 0 aromatic heterocycles. The SMILES string of the molecule is CCOc1cc([N+](=O)[O-])cc(/C=N\NC(=O)c2ccccc2F)c1O. The van der Waals surface area contributed by atoms with Gasteiger partial charge >= 0.3 is 0 Å². The first-order valence-corrected chi connectivity index (χ1v) is 7.16. The number of amides is 1. The van der Waals surface area contributed by atoms with Crippen LogP contribution in [0.3, 0.4) is 0 Å². The van der Waals surface area contributed by atoms with E-state index in [1.165, 1.54) is 18.2 Å². The number of ether oxygens (including phenoxy) is 1. The van der Waals surface area contributed by atoms with E-state index in [1.807, 2.05) is 0 Å². The van der Waals surface area contributed by atoms with Crippen molar-refractivity contribution in [3.05, 3.63) is 63.5 Å². The van der Waals surface area contributed by atoms with E-state index in [1.54, 1.807) is 6.92 Å². The maximum atomic E-state index is 13.5. The topological polar surface area (TPSA) is 114 Å². The summed E-state index contributed by atoms with van der Waals surface area (Å²) >= 11 is 0. The van der Waals surface area contributed by atoms with E-state index < -0.39 is 16.6 Å². The molecule has 0 spiro atoms. The third kappa shape index (κ3) is 4.28. The van der Waals surface area contributed by atoms with E-state index in [9.17, 15) is 24.4 Å². The smallest absolute Gasteiger partial charge is 0.274 e. The van der Waals surface area contributed by atoms with Gasteiger partial charge in [0.15, 0.2) is 11.5 Å². The molecule has 2 N–H and O–H groups in total. The number of phenolic OH excluding ortho intramolecular Hbond substituents is 1. The van der Waals surface area contributed by atoms with Crippen LogP contribution in [0.4, 0.5) is 10.1 Å². The molecule has 25 heavy (non-hydrogen) atoms. The lowest BCUT2D eigenvalue weighted by Crippen LogP contribution is -2.18. The van der Waals surface area contributed by atoms with Gasteiger partial charge in [0, 0.05) is 11.6 Å². The molecule has 9 heteroatoms. The summed E-state index contributed by atoms with van der Waals surface area (Å²) < 4.78 is 18.6. The molecule has 0 atom stereocenters. The normalized spacial score (nSPS) is 10.6. The number of benzene rings is 2. The van der Waals surface area contributed by atoms with Crippen molar-refractivity contribution >= 4 is 17.8 Å². The standard InChI is InChI=1S/C16H14FN3O5/c1-2-25-14-8-11(20(23)24)7-10(15(14)21)9-18-19-16(22)12-5-3-4-6-13(12)17/h3-9,21H,2H2,1H3,(H,19,22)/b18-9-. The number of nitrogens with zero attached hydrogens (tertiary/aromatic N) is 2. The molecule has 0 saturated carbocycles. The number of nitro groups is 1. The lowest BCUT2D eigenvalue weighted by molar-refractivity contribution is -0.385. The largest absolute Gasteiger partial charge is 0.504 e. The summed E-state index contributed by atoms with van der Waals surface area (Å²) in [6.45, 7) is 1.84. The third-order valence-electron chi connectivity index (χ3n) is 3.09. The molecule has 0 aliphatic carbocycles. The fraction of sp³-hybridized carbons (Fsp3) is 0.125. The first kappa shape index (κ1) is 17.9. The highest BCUT2D eigenvalue weighted by molar-refractivity contribution is 5.95. The lowest BCUT2D eigenvalue weighted by atomic mass is 10.1. The number of hydrogen-bond donors (Lipinski definition) is 2. The second kappa shape index (κ2) is 7.86. The average Bonchev–Trinajstić information content (AvgIpc) is 2.58. The average molecular weight is 347 g/mol. The molecule has 0 aliphatic rings. The molecular formula is C16H14FN3O5. The van der Waals surface area contributed by atoms with Gasteiger partial charge < -0.3 is 9.84 Å². The molecule has 0 bridgehead atoms. The number of rotatable bonds is 6. The molecule has 0 fully saturated rings. The molecule has 2 aromatic rings. The van der Waals surface area contributed by atoms with E-state index in [4.69, 9.17) is 4.74 Å². The maximum Gasteiger partial charge on any atom is 0.274 e. The monoisotopic (exact) mass is 347 g/mol. The quantitative estimate of drug-likeness (QED) is 0.473. The Labute approximate surface area is 141 Å². The summed E-state index contributed by atoms with van der Waals surface area (Å²) in [4.78, 5) is 22.1. The van der Waals surface area contributed by atoms with Crippen molar-refractivity contribution in [3.63, 3.8) is 0 Å². The minimum Gasteiger partial charge on any atom is -0.504 e. The predicted molar refractivity (Wildman–Crippen MR) is 87.4 cm³/mol. The number of nitrogens with one attached hydrogen (secondary N) is 1. The fourth-order valence-corrected chi connectivity index (χ4v) is 1.95. The molecule has 130 valence electrons. The van der Waals surface area contributed by atoms with E-state index >= 15 is 0 Å². The number of halogens is 1. The number of aromatic hydroxyl groups is 1. The molecular weight excluding hydrogens is 333 g/mol. The van der Waals surface area contributed by atoms with Crippen molar-refractivity contribution in [2.45, 2.75) is 6.92 Å². The fourth-order valence-electron chi connectivity index (χ4n) is 1.95. The zero-order valence-electron chi connectivity index (χ0n) is 13.1. The van der Waals surface area contributed by atoms with Gasteiger partial charge in [0.2, 0.25) is 0 Å².